The van der Waals surface area contributed by atoms with Crippen molar-refractivity contribution in [3.05, 3.63) is 125 Å². The topological polar surface area (TPSA) is 210 Å². The van der Waals surface area contributed by atoms with Gasteiger partial charge in [0, 0.05) is 72.6 Å². The quantitative estimate of drug-likeness (QED) is 0.0364. The van der Waals surface area contributed by atoms with Crippen LogP contribution in [-0.4, -0.2) is 110 Å². The van der Waals surface area contributed by atoms with Crippen LogP contribution in [0.5, 0.6) is 23.0 Å². The highest BCUT2D eigenvalue weighted by molar-refractivity contribution is 8.77. The fraction of sp³-hybridized carbons (Fsp3) is 0.340. The van der Waals surface area contributed by atoms with E-state index in [9.17, 15) is 32.7 Å². The predicted octanol–water partition coefficient (Wildman–Crippen LogP) is 7.34. The molecule has 4 amide bonds. The SMILES string of the molecule is COc1cc2c(cc1OCc1cccc(COc3cc4c(cc3OC)C(=O)N3c5ccccc5C[C@H]3CN4CC(C)(C)SSCCC(C(=O)ON3C(=O)CCC3=O)S(=O)[O-])n1)N=C[C@@H]1Cc3ccccc3N1C2=O. The Labute approximate surface area is 437 Å². The highest BCUT2D eigenvalue weighted by Crippen LogP contribution is 2.46. The standard InChI is InChI=1S/C53H52N6O12S3/c1-53(2,73-72-19-18-47(74(65)66)52(64)71-59-48(60)16-17-49(59)61)30-56-27-36-21-32-11-6-8-15-41(32)58(36)51(63)38-23-44(68-4)46(25-42(38)56)70-29-34-13-9-12-33(55-34)28-69-45-24-39-37(22-43(45)67-3)50(62)57-35(26-54-39)20-31-10-5-7-14-40(31)57/h5-15,22-26,35-36,47H,16-21,27-30H2,1-4H3,(H,65,66)/p-1/t35-,36-,47?/m0/s1. The number of fused-ring (bicyclic) bond motifs is 8. The number of anilines is 3. The van der Waals surface area contributed by atoms with Gasteiger partial charge in [0.05, 0.1) is 60.2 Å². The lowest BCUT2D eigenvalue weighted by Gasteiger charge is -2.35. The molecule has 74 heavy (non-hydrogen) atoms. The molecule has 1 aromatic heterocycles. The fourth-order valence-corrected chi connectivity index (χ4v) is 13.1. The Morgan fingerprint density at radius 2 is 1.38 bits per heavy atom. The van der Waals surface area contributed by atoms with Gasteiger partial charge < -0.3 is 38.1 Å². The Hall–Kier alpha value is -6.94. The van der Waals surface area contributed by atoms with E-state index in [1.54, 1.807) is 23.1 Å². The first-order valence-electron chi connectivity index (χ1n) is 23.9. The zero-order valence-electron chi connectivity index (χ0n) is 40.8. The van der Waals surface area contributed by atoms with Crippen molar-refractivity contribution in [2.75, 3.05) is 47.8 Å². The third-order valence-corrected chi connectivity index (χ3v) is 17.5. The average molecular weight is 1060 g/mol. The number of aliphatic imine (C=N–C) groups is 1. The van der Waals surface area contributed by atoms with Crippen molar-refractivity contribution < 1.29 is 56.5 Å². The first kappa shape index (κ1) is 50.6. The van der Waals surface area contributed by atoms with Crippen LogP contribution in [-0.2, 0) is 56.4 Å². The molecule has 4 atom stereocenters. The van der Waals surface area contributed by atoms with E-state index in [1.807, 2.05) is 97.8 Å². The van der Waals surface area contributed by atoms with E-state index >= 15 is 0 Å². The average Bonchev–Trinajstić information content (AvgIpc) is 4.02. The maximum Gasteiger partial charge on any atom is 0.347 e. The Bertz CT molecular complexity index is 3120. The number of amides is 4. The number of carbonyl (C=O) groups is 5. The van der Waals surface area contributed by atoms with E-state index in [-0.39, 0.29) is 62.1 Å². The summed E-state index contributed by atoms with van der Waals surface area (Å²) < 4.78 is 48.1. The largest absolute Gasteiger partial charge is 0.772 e. The minimum absolute atomic E-state index is 0.0458. The fourth-order valence-electron chi connectivity index (χ4n) is 9.89. The van der Waals surface area contributed by atoms with Crippen LogP contribution < -0.4 is 33.6 Å². The third kappa shape index (κ3) is 10.2. The van der Waals surface area contributed by atoms with Crippen LogP contribution in [0.3, 0.4) is 0 Å². The highest BCUT2D eigenvalue weighted by Gasteiger charge is 2.42. The van der Waals surface area contributed by atoms with Crippen LogP contribution in [0.2, 0.25) is 0 Å². The maximum atomic E-state index is 14.7. The van der Waals surface area contributed by atoms with Crippen molar-refractivity contribution in [3.8, 4) is 23.0 Å². The van der Waals surface area contributed by atoms with Crippen LogP contribution in [0.25, 0.3) is 0 Å². The lowest BCUT2D eigenvalue weighted by molar-refractivity contribution is -0.197. The molecule has 5 aliphatic rings. The molecule has 384 valence electrons. The number of pyridine rings is 1. The number of rotatable bonds is 18. The summed E-state index contributed by atoms with van der Waals surface area (Å²) in [7, 11) is 5.92. The summed E-state index contributed by atoms with van der Waals surface area (Å²) >= 11 is -2.86. The number of hydrogen-bond donors (Lipinski definition) is 0. The molecule has 0 aliphatic carbocycles. The Kier molecular flexibility index (Phi) is 14.4. The molecule has 10 rings (SSSR count). The number of hydrogen-bond acceptors (Lipinski definition) is 17. The van der Waals surface area contributed by atoms with Gasteiger partial charge in [-0.15, -0.1) is 5.06 Å². The number of ether oxygens (including phenoxy) is 4. The first-order chi connectivity index (χ1) is 35.7. The number of hydroxylamine groups is 2. The maximum absolute atomic E-state index is 14.7. The number of imide groups is 1. The van der Waals surface area contributed by atoms with Gasteiger partial charge in [0.1, 0.15) is 18.5 Å². The molecule has 4 aromatic carbocycles. The van der Waals surface area contributed by atoms with Gasteiger partial charge in [-0.05, 0) is 85.3 Å². The van der Waals surface area contributed by atoms with E-state index in [1.165, 1.54) is 35.8 Å². The van der Waals surface area contributed by atoms with Crippen molar-refractivity contribution in [3.63, 3.8) is 0 Å². The van der Waals surface area contributed by atoms with Gasteiger partial charge in [0.15, 0.2) is 23.0 Å². The number of carbonyl (C=O) groups excluding carboxylic acids is 5. The second kappa shape index (κ2) is 21.1. The summed E-state index contributed by atoms with van der Waals surface area (Å²) in [5.74, 6) is -1.15. The molecule has 5 aliphatic heterocycles. The van der Waals surface area contributed by atoms with Crippen LogP contribution >= 0.6 is 21.6 Å². The molecule has 18 nitrogen and oxygen atoms in total. The molecule has 0 spiro atoms. The van der Waals surface area contributed by atoms with Gasteiger partial charge in [-0.3, -0.25) is 38.3 Å². The molecule has 1 saturated heterocycles. The van der Waals surface area contributed by atoms with Gasteiger partial charge in [-0.25, -0.2) is 4.79 Å². The van der Waals surface area contributed by atoms with Crippen LogP contribution in [0, 0.1) is 0 Å². The Morgan fingerprint density at radius 3 is 2.04 bits per heavy atom. The Balaban J connectivity index is 0.840. The summed E-state index contributed by atoms with van der Waals surface area (Å²) in [6, 6.07) is 27.8. The van der Waals surface area contributed by atoms with Gasteiger partial charge in [-0.1, -0.05) is 64.1 Å². The van der Waals surface area contributed by atoms with E-state index in [0.717, 1.165) is 22.5 Å². The molecule has 6 heterocycles. The van der Waals surface area contributed by atoms with E-state index in [4.69, 9.17) is 33.8 Å². The first-order valence-corrected chi connectivity index (χ1v) is 27.4. The van der Waals surface area contributed by atoms with Crippen molar-refractivity contribution >= 4 is 91.2 Å². The van der Waals surface area contributed by atoms with Gasteiger partial charge in [0.25, 0.3) is 23.6 Å². The number of benzene rings is 4. The molecule has 0 radical (unpaired) electrons. The second-order valence-electron chi connectivity index (χ2n) is 18.8. The summed E-state index contributed by atoms with van der Waals surface area (Å²) in [6.45, 7) is 5.14. The lowest BCUT2D eigenvalue weighted by Crippen LogP contribution is -2.45. The zero-order valence-corrected chi connectivity index (χ0v) is 43.3. The zero-order chi connectivity index (χ0) is 51.8. The van der Waals surface area contributed by atoms with Gasteiger partial charge in [-0.2, -0.15) is 0 Å². The van der Waals surface area contributed by atoms with Crippen molar-refractivity contribution in [1.82, 2.24) is 10.0 Å². The number of methoxy groups -OCH3 is 2. The molecular formula is C53H51N6O12S3-. The lowest BCUT2D eigenvalue weighted by atomic mass is 10.1. The van der Waals surface area contributed by atoms with Gasteiger partial charge >= 0.3 is 5.97 Å². The molecule has 21 heteroatoms. The predicted molar refractivity (Wildman–Crippen MR) is 279 cm³/mol. The number of para-hydroxylation sites is 2. The minimum Gasteiger partial charge on any atom is -0.772 e. The van der Waals surface area contributed by atoms with Crippen LogP contribution in [0.1, 0.15) is 76.3 Å². The van der Waals surface area contributed by atoms with Crippen molar-refractivity contribution in [2.45, 2.75) is 81.2 Å². The minimum atomic E-state index is -2.86. The molecular weight excluding hydrogens is 1010 g/mol. The number of aromatic nitrogens is 1. The van der Waals surface area contributed by atoms with Crippen LogP contribution in [0.4, 0.5) is 22.7 Å². The molecule has 1 fully saturated rings. The highest BCUT2D eigenvalue weighted by atomic mass is 33.1. The molecule has 0 bridgehead atoms. The van der Waals surface area contributed by atoms with Crippen molar-refractivity contribution in [2.24, 2.45) is 4.99 Å². The number of nitrogens with zero attached hydrogens (tertiary/aromatic N) is 6. The van der Waals surface area contributed by atoms with Crippen LogP contribution in [0.15, 0.2) is 96.0 Å². The third-order valence-electron chi connectivity index (χ3n) is 13.3. The van der Waals surface area contributed by atoms with Crippen molar-refractivity contribution in [1.29, 1.82) is 0 Å². The normalized spacial score (nSPS) is 18.4. The summed E-state index contributed by atoms with van der Waals surface area (Å²) in [6.07, 6.45) is 2.81. The molecule has 2 unspecified atom stereocenters. The molecule has 0 saturated carbocycles. The van der Waals surface area contributed by atoms with E-state index < -0.39 is 38.9 Å². The summed E-state index contributed by atoms with van der Waals surface area (Å²) in [4.78, 5) is 85.7. The smallest absolute Gasteiger partial charge is 0.347 e. The van der Waals surface area contributed by atoms with E-state index in [0.29, 0.717) is 87.9 Å². The monoisotopic (exact) mass is 1060 g/mol. The van der Waals surface area contributed by atoms with E-state index in [2.05, 4.69) is 4.90 Å². The summed E-state index contributed by atoms with van der Waals surface area (Å²) in [5.41, 5.74) is 7.07. The second-order valence-corrected chi connectivity index (χ2v) is 23.0. The van der Waals surface area contributed by atoms with Gasteiger partial charge in [0.2, 0.25) is 0 Å². The molecule has 0 N–H and O–H groups in total. The molecule has 5 aromatic rings. The Morgan fingerprint density at radius 1 is 0.770 bits per heavy atom. The summed E-state index contributed by atoms with van der Waals surface area (Å²) in [5, 5.41) is -1.24.